The molecule has 0 saturated carbocycles. The van der Waals surface area contributed by atoms with E-state index in [0.717, 1.165) is 26.9 Å². The van der Waals surface area contributed by atoms with Crippen molar-refractivity contribution < 1.29 is 9.90 Å². The fraction of sp³-hybridized carbons (Fsp3) is 0. The number of carbonyl (C=O) groups is 1. The molecule has 0 bridgehead atoms. The standard InChI is InChI=1S/C19H13NO2S/c21-12-13-9-10-14(11-17(13)22)20-15-5-1-3-7-18(15)23-19-8-4-2-6-16(19)20/h1-12,22H. The van der Waals surface area contributed by atoms with Crippen molar-refractivity contribution >= 4 is 35.1 Å². The molecule has 1 aliphatic heterocycles. The SMILES string of the molecule is O=Cc1ccc(N2c3ccccc3Sc3ccccc32)cc1O. The Morgan fingerprint density at radius 1 is 0.870 bits per heavy atom. The molecule has 3 aromatic carbocycles. The van der Waals surface area contributed by atoms with Crippen LogP contribution in [-0.2, 0) is 0 Å². The van der Waals surface area contributed by atoms with Gasteiger partial charge in [0.25, 0.3) is 0 Å². The van der Waals surface area contributed by atoms with Crippen molar-refractivity contribution in [1.82, 2.24) is 0 Å². The highest BCUT2D eigenvalue weighted by Gasteiger charge is 2.24. The molecule has 4 heteroatoms. The monoisotopic (exact) mass is 319 g/mol. The van der Waals surface area contributed by atoms with E-state index in [2.05, 4.69) is 29.2 Å². The van der Waals surface area contributed by atoms with E-state index in [-0.39, 0.29) is 5.75 Å². The van der Waals surface area contributed by atoms with Gasteiger partial charge in [-0.3, -0.25) is 4.79 Å². The number of para-hydroxylation sites is 2. The summed E-state index contributed by atoms with van der Waals surface area (Å²) in [4.78, 5) is 15.4. The van der Waals surface area contributed by atoms with Crippen molar-refractivity contribution in [1.29, 1.82) is 0 Å². The maximum atomic E-state index is 10.9. The summed E-state index contributed by atoms with van der Waals surface area (Å²) in [7, 11) is 0. The summed E-state index contributed by atoms with van der Waals surface area (Å²) >= 11 is 1.73. The summed E-state index contributed by atoms with van der Waals surface area (Å²) in [6.07, 6.45) is 0.660. The highest BCUT2D eigenvalue weighted by molar-refractivity contribution is 7.99. The summed E-state index contributed by atoms with van der Waals surface area (Å²) in [6, 6.07) is 21.5. The molecule has 0 radical (unpaired) electrons. The highest BCUT2D eigenvalue weighted by atomic mass is 32.2. The fourth-order valence-electron chi connectivity index (χ4n) is 2.75. The minimum Gasteiger partial charge on any atom is -0.507 e. The van der Waals surface area contributed by atoms with Crippen LogP contribution in [0.3, 0.4) is 0 Å². The van der Waals surface area contributed by atoms with E-state index in [4.69, 9.17) is 0 Å². The Balaban J connectivity index is 1.94. The zero-order chi connectivity index (χ0) is 15.8. The second-order valence-corrected chi connectivity index (χ2v) is 6.32. The van der Waals surface area contributed by atoms with E-state index in [0.29, 0.717) is 11.8 Å². The van der Waals surface area contributed by atoms with Gasteiger partial charge in [-0.1, -0.05) is 36.0 Å². The zero-order valence-electron chi connectivity index (χ0n) is 12.1. The molecule has 0 aliphatic carbocycles. The molecule has 1 N–H and O–H groups in total. The van der Waals surface area contributed by atoms with E-state index in [1.54, 1.807) is 23.9 Å². The number of phenols is 1. The topological polar surface area (TPSA) is 40.5 Å². The number of fused-ring (bicyclic) bond motifs is 2. The quantitative estimate of drug-likeness (QED) is 0.519. The predicted octanol–water partition coefficient (Wildman–Crippen LogP) is 5.14. The normalized spacial score (nSPS) is 12.4. The fourth-order valence-corrected chi connectivity index (χ4v) is 3.81. The number of hydrogen-bond donors (Lipinski definition) is 1. The van der Waals surface area contributed by atoms with Gasteiger partial charge in [0.05, 0.1) is 16.9 Å². The molecule has 0 spiro atoms. The minimum absolute atomic E-state index is 0.00862. The first-order chi connectivity index (χ1) is 11.3. The first kappa shape index (κ1) is 13.9. The number of carbonyl (C=O) groups excluding carboxylic acids is 1. The van der Waals surface area contributed by atoms with Crippen molar-refractivity contribution in [3.05, 3.63) is 72.3 Å². The van der Waals surface area contributed by atoms with Crippen molar-refractivity contribution in [2.75, 3.05) is 4.90 Å². The summed E-state index contributed by atoms with van der Waals surface area (Å²) < 4.78 is 0. The number of benzene rings is 3. The molecule has 3 aromatic rings. The van der Waals surface area contributed by atoms with Crippen LogP contribution in [-0.4, -0.2) is 11.4 Å². The summed E-state index contributed by atoms with van der Waals surface area (Å²) in [5.74, 6) is -0.00862. The molecular formula is C19H13NO2S. The van der Waals surface area contributed by atoms with Crippen LogP contribution in [0.15, 0.2) is 76.5 Å². The van der Waals surface area contributed by atoms with Crippen LogP contribution in [0.5, 0.6) is 5.75 Å². The molecule has 0 saturated heterocycles. The minimum atomic E-state index is -0.00862. The predicted molar refractivity (Wildman–Crippen MR) is 92.3 cm³/mol. The molecule has 4 rings (SSSR count). The molecule has 0 unspecified atom stereocenters. The van der Waals surface area contributed by atoms with Crippen LogP contribution in [0.1, 0.15) is 10.4 Å². The average Bonchev–Trinajstić information content (AvgIpc) is 2.59. The van der Waals surface area contributed by atoms with Gasteiger partial charge in [-0.25, -0.2) is 0 Å². The van der Waals surface area contributed by atoms with Gasteiger partial charge < -0.3 is 10.0 Å². The van der Waals surface area contributed by atoms with Crippen molar-refractivity contribution in [2.24, 2.45) is 0 Å². The number of phenolic OH excluding ortho intramolecular Hbond substituents is 1. The van der Waals surface area contributed by atoms with Crippen LogP contribution in [0.4, 0.5) is 17.1 Å². The summed E-state index contributed by atoms with van der Waals surface area (Å²) in [6.45, 7) is 0. The molecular weight excluding hydrogens is 306 g/mol. The lowest BCUT2D eigenvalue weighted by atomic mass is 10.1. The van der Waals surface area contributed by atoms with Crippen LogP contribution in [0.2, 0.25) is 0 Å². The van der Waals surface area contributed by atoms with Gasteiger partial charge in [0.1, 0.15) is 5.75 Å². The zero-order valence-corrected chi connectivity index (χ0v) is 13.0. The maximum absolute atomic E-state index is 10.9. The van der Waals surface area contributed by atoms with E-state index in [9.17, 15) is 9.90 Å². The summed E-state index contributed by atoms with van der Waals surface area (Å²) in [5.41, 5.74) is 3.25. The van der Waals surface area contributed by atoms with Gasteiger partial charge in [0, 0.05) is 21.5 Å². The van der Waals surface area contributed by atoms with Crippen LogP contribution < -0.4 is 4.90 Å². The molecule has 0 atom stereocenters. The molecule has 0 fully saturated rings. The van der Waals surface area contributed by atoms with Gasteiger partial charge in [-0.2, -0.15) is 0 Å². The first-order valence-corrected chi connectivity index (χ1v) is 8.04. The molecule has 0 amide bonds. The van der Waals surface area contributed by atoms with Crippen LogP contribution >= 0.6 is 11.8 Å². The van der Waals surface area contributed by atoms with E-state index in [1.165, 1.54) is 0 Å². The van der Waals surface area contributed by atoms with Gasteiger partial charge >= 0.3 is 0 Å². The third-order valence-corrected chi connectivity index (χ3v) is 4.96. The van der Waals surface area contributed by atoms with Crippen molar-refractivity contribution in [3.8, 4) is 5.75 Å². The molecule has 0 aromatic heterocycles. The average molecular weight is 319 g/mol. The van der Waals surface area contributed by atoms with E-state index in [1.807, 2.05) is 30.3 Å². The van der Waals surface area contributed by atoms with Crippen molar-refractivity contribution in [2.45, 2.75) is 9.79 Å². The Hall–Kier alpha value is -2.72. The largest absolute Gasteiger partial charge is 0.507 e. The highest BCUT2D eigenvalue weighted by Crippen LogP contribution is 2.51. The van der Waals surface area contributed by atoms with E-state index >= 15 is 0 Å². The molecule has 23 heavy (non-hydrogen) atoms. The maximum Gasteiger partial charge on any atom is 0.153 e. The Bertz CT molecular complexity index is 862. The smallest absolute Gasteiger partial charge is 0.153 e. The number of rotatable bonds is 2. The Kier molecular flexibility index (Phi) is 3.32. The lowest BCUT2D eigenvalue weighted by molar-refractivity contribution is 0.112. The molecule has 1 heterocycles. The van der Waals surface area contributed by atoms with E-state index < -0.39 is 0 Å². The molecule has 3 nitrogen and oxygen atoms in total. The second-order valence-electron chi connectivity index (χ2n) is 5.23. The number of aldehydes is 1. The molecule has 1 aliphatic rings. The van der Waals surface area contributed by atoms with Crippen LogP contribution in [0, 0.1) is 0 Å². The van der Waals surface area contributed by atoms with Crippen LogP contribution in [0.25, 0.3) is 0 Å². The van der Waals surface area contributed by atoms with Gasteiger partial charge in [-0.15, -0.1) is 0 Å². The molecule has 112 valence electrons. The first-order valence-electron chi connectivity index (χ1n) is 7.22. The Morgan fingerprint density at radius 2 is 1.48 bits per heavy atom. The number of nitrogens with zero attached hydrogens (tertiary/aromatic N) is 1. The number of anilines is 3. The third kappa shape index (κ3) is 2.28. The number of aromatic hydroxyl groups is 1. The second kappa shape index (κ2) is 5.48. The van der Waals surface area contributed by atoms with Gasteiger partial charge in [0.2, 0.25) is 0 Å². The summed E-state index contributed by atoms with van der Waals surface area (Å²) in [5, 5.41) is 10.1. The lowest BCUT2D eigenvalue weighted by Gasteiger charge is -2.32. The Labute approximate surface area is 138 Å². The van der Waals surface area contributed by atoms with Gasteiger partial charge in [0.15, 0.2) is 6.29 Å². The van der Waals surface area contributed by atoms with Gasteiger partial charge in [-0.05, 0) is 36.4 Å². The lowest BCUT2D eigenvalue weighted by Crippen LogP contribution is -2.14. The Morgan fingerprint density at radius 3 is 2.04 bits per heavy atom. The number of hydrogen-bond acceptors (Lipinski definition) is 4. The third-order valence-electron chi connectivity index (χ3n) is 3.83. The van der Waals surface area contributed by atoms with Crippen molar-refractivity contribution in [3.63, 3.8) is 0 Å².